The van der Waals surface area contributed by atoms with E-state index < -0.39 is 0 Å². The predicted molar refractivity (Wildman–Crippen MR) is 62.3 cm³/mol. The number of hydrogen-bond donors (Lipinski definition) is 1. The summed E-state index contributed by atoms with van der Waals surface area (Å²) >= 11 is 6.23. The van der Waals surface area contributed by atoms with E-state index in [0.717, 1.165) is 23.8 Å². The largest absolute Gasteiger partial charge is 0.319 e. The summed E-state index contributed by atoms with van der Waals surface area (Å²) in [6.07, 6.45) is 3.67. The molecule has 0 bridgehead atoms. The zero-order chi connectivity index (χ0) is 11.1. The zero-order valence-electron chi connectivity index (χ0n) is 9.60. The van der Waals surface area contributed by atoms with Crippen molar-refractivity contribution >= 4 is 11.6 Å². The van der Waals surface area contributed by atoms with Gasteiger partial charge < -0.3 is 5.32 Å². The van der Waals surface area contributed by atoms with Crippen molar-refractivity contribution in [2.45, 2.75) is 26.2 Å². The first-order valence-corrected chi connectivity index (χ1v) is 5.78. The molecular formula is C11H18ClN3. The summed E-state index contributed by atoms with van der Waals surface area (Å²) in [7, 11) is 3.91. The maximum Gasteiger partial charge on any atom is 0.130 e. The molecule has 84 valence electrons. The van der Waals surface area contributed by atoms with Gasteiger partial charge >= 0.3 is 0 Å². The van der Waals surface area contributed by atoms with E-state index in [4.69, 9.17) is 11.6 Å². The lowest BCUT2D eigenvalue weighted by molar-refractivity contribution is 0.477. The average Bonchev–Trinajstić information content (AvgIpc) is 2.89. The molecule has 0 radical (unpaired) electrons. The quantitative estimate of drug-likeness (QED) is 0.852. The molecule has 2 rings (SSSR count). The highest BCUT2D eigenvalue weighted by Gasteiger charge is 2.42. The molecule has 1 N–H and O–H groups in total. The lowest BCUT2D eigenvalue weighted by Crippen LogP contribution is -2.22. The van der Waals surface area contributed by atoms with Crippen LogP contribution in [-0.4, -0.2) is 23.4 Å². The van der Waals surface area contributed by atoms with Crippen molar-refractivity contribution in [3.8, 4) is 0 Å². The molecule has 0 saturated heterocycles. The molecule has 0 aromatic carbocycles. The summed E-state index contributed by atoms with van der Waals surface area (Å²) in [6.45, 7) is 3.12. The van der Waals surface area contributed by atoms with Crippen molar-refractivity contribution in [3.63, 3.8) is 0 Å². The Kier molecular flexibility index (Phi) is 2.77. The Bertz CT molecular complexity index is 366. The van der Waals surface area contributed by atoms with Crippen molar-refractivity contribution < 1.29 is 0 Å². The molecule has 15 heavy (non-hydrogen) atoms. The van der Waals surface area contributed by atoms with Crippen molar-refractivity contribution in [1.82, 2.24) is 15.1 Å². The lowest BCUT2D eigenvalue weighted by Gasteiger charge is -2.14. The van der Waals surface area contributed by atoms with Crippen molar-refractivity contribution in [1.29, 1.82) is 0 Å². The number of aromatic nitrogens is 2. The van der Waals surface area contributed by atoms with Gasteiger partial charge in [0.1, 0.15) is 5.15 Å². The maximum absolute atomic E-state index is 6.23. The Balaban J connectivity index is 2.17. The highest BCUT2D eigenvalue weighted by molar-refractivity contribution is 6.30. The van der Waals surface area contributed by atoms with E-state index in [1.165, 1.54) is 18.4 Å². The Hall–Kier alpha value is -0.540. The van der Waals surface area contributed by atoms with Gasteiger partial charge in [-0.15, -0.1) is 0 Å². The van der Waals surface area contributed by atoms with Crippen LogP contribution in [0.15, 0.2) is 0 Å². The van der Waals surface area contributed by atoms with Crippen LogP contribution in [-0.2, 0) is 13.5 Å². The molecule has 4 heteroatoms. The first kappa shape index (κ1) is 11.0. The Labute approximate surface area is 95.8 Å². The SMILES string of the molecule is CNCC1(Cc2c(C)nn(C)c2Cl)CC1. The van der Waals surface area contributed by atoms with Gasteiger partial charge in [0, 0.05) is 19.2 Å². The highest BCUT2D eigenvalue weighted by atomic mass is 35.5. The van der Waals surface area contributed by atoms with Gasteiger partial charge in [0.25, 0.3) is 0 Å². The average molecular weight is 228 g/mol. The molecule has 0 aliphatic heterocycles. The van der Waals surface area contributed by atoms with E-state index >= 15 is 0 Å². The van der Waals surface area contributed by atoms with Crippen LogP contribution >= 0.6 is 11.6 Å². The van der Waals surface area contributed by atoms with Crippen LogP contribution in [0.3, 0.4) is 0 Å². The number of nitrogens with one attached hydrogen (secondary N) is 1. The lowest BCUT2D eigenvalue weighted by atomic mass is 9.97. The van der Waals surface area contributed by atoms with Gasteiger partial charge in [-0.25, -0.2) is 0 Å². The molecule has 1 aromatic rings. The number of rotatable bonds is 4. The van der Waals surface area contributed by atoms with E-state index in [1.54, 1.807) is 4.68 Å². The van der Waals surface area contributed by atoms with Crippen LogP contribution in [0.1, 0.15) is 24.1 Å². The van der Waals surface area contributed by atoms with Crippen LogP contribution in [0.25, 0.3) is 0 Å². The third-order valence-electron chi connectivity index (χ3n) is 3.33. The fraction of sp³-hybridized carbons (Fsp3) is 0.727. The van der Waals surface area contributed by atoms with Crippen LogP contribution < -0.4 is 5.32 Å². The van der Waals surface area contributed by atoms with Gasteiger partial charge in [0.15, 0.2) is 0 Å². The van der Waals surface area contributed by atoms with Crippen LogP contribution in [0.5, 0.6) is 0 Å². The van der Waals surface area contributed by atoms with Crippen molar-refractivity contribution in [3.05, 3.63) is 16.4 Å². The molecule has 1 saturated carbocycles. The minimum Gasteiger partial charge on any atom is -0.319 e. The molecule has 1 fully saturated rings. The smallest absolute Gasteiger partial charge is 0.130 e. The van der Waals surface area contributed by atoms with Gasteiger partial charge in [-0.3, -0.25) is 4.68 Å². The topological polar surface area (TPSA) is 29.9 Å². The Morgan fingerprint density at radius 3 is 2.60 bits per heavy atom. The maximum atomic E-state index is 6.23. The van der Waals surface area contributed by atoms with E-state index in [2.05, 4.69) is 10.4 Å². The second-order valence-corrected chi connectivity index (χ2v) is 5.04. The molecule has 0 spiro atoms. The van der Waals surface area contributed by atoms with Gasteiger partial charge in [-0.05, 0) is 38.6 Å². The number of hydrogen-bond acceptors (Lipinski definition) is 2. The molecule has 0 unspecified atom stereocenters. The number of nitrogens with zero attached hydrogens (tertiary/aromatic N) is 2. The second-order valence-electron chi connectivity index (χ2n) is 4.69. The first-order valence-electron chi connectivity index (χ1n) is 5.40. The summed E-state index contributed by atoms with van der Waals surface area (Å²) in [6, 6.07) is 0. The van der Waals surface area contributed by atoms with E-state index in [9.17, 15) is 0 Å². The monoisotopic (exact) mass is 227 g/mol. The molecule has 1 aliphatic carbocycles. The zero-order valence-corrected chi connectivity index (χ0v) is 10.4. The summed E-state index contributed by atoms with van der Waals surface area (Å²) in [5, 5.41) is 8.41. The van der Waals surface area contributed by atoms with E-state index in [-0.39, 0.29) is 0 Å². The van der Waals surface area contributed by atoms with Gasteiger partial charge in [-0.2, -0.15) is 5.10 Å². The standard InChI is InChI=1S/C11H18ClN3/c1-8-9(10(12)15(3)14-8)6-11(4-5-11)7-13-2/h13H,4-7H2,1-3H3. The van der Waals surface area contributed by atoms with E-state index in [0.29, 0.717) is 5.41 Å². The fourth-order valence-electron chi connectivity index (χ4n) is 2.22. The van der Waals surface area contributed by atoms with Crippen molar-refractivity contribution in [2.24, 2.45) is 12.5 Å². The van der Waals surface area contributed by atoms with Gasteiger partial charge in [0.2, 0.25) is 0 Å². The van der Waals surface area contributed by atoms with Crippen LogP contribution in [0, 0.1) is 12.3 Å². The number of halogens is 1. The van der Waals surface area contributed by atoms with Gasteiger partial charge in [0.05, 0.1) is 5.69 Å². The third-order valence-corrected chi connectivity index (χ3v) is 3.80. The minimum atomic E-state index is 0.451. The Morgan fingerprint density at radius 2 is 2.20 bits per heavy atom. The Morgan fingerprint density at radius 1 is 1.53 bits per heavy atom. The molecule has 3 nitrogen and oxygen atoms in total. The summed E-state index contributed by atoms with van der Waals surface area (Å²) in [5.41, 5.74) is 2.75. The van der Waals surface area contributed by atoms with Crippen LogP contribution in [0.2, 0.25) is 5.15 Å². The summed E-state index contributed by atoms with van der Waals surface area (Å²) in [4.78, 5) is 0. The molecule has 0 atom stereocenters. The predicted octanol–water partition coefficient (Wildman–Crippen LogP) is 1.92. The molecule has 1 aliphatic rings. The first-order chi connectivity index (χ1) is 7.08. The van der Waals surface area contributed by atoms with Crippen LogP contribution in [0.4, 0.5) is 0 Å². The third kappa shape index (κ3) is 2.04. The molecular weight excluding hydrogens is 210 g/mol. The summed E-state index contributed by atoms with van der Waals surface area (Å²) in [5.74, 6) is 0. The molecule has 0 amide bonds. The minimum absolute atomic E-state index is 0.451. The second kappa shape index (κ2) is 3.80. The number of aryl methyl sites for hydroxylation is 2. The molecule has 1 heterocycles. The highest BCUT2D eigenvalue weighted by Crippen LogP contribution is 2.48. The van der Waals surface area contributed by atoms with E-state index in [1.807, 2.05) is 21.0 Å². The summed E-state index contributed by atoms with van der Waals surface area (Å²) < 4.78 is 1.77. The normalized spacial score (nSPS) is 18.1. The van der Waals surface area contributed by atoms with Gasteiger partial charge in [-0.1, -0.05) is 11.6 Å². The fourth-order valence-corrected chi connectivity index (χ4v) is 2.46. The van der Waals surface area contributed by atoms with Crippen molar-refractivity contribution in [2.75, 3.05) is 13.6 Å². The molecule has 1 aromatic heterocycles.